The van der Waals surface area contributed by atoms with Gasteiger partial charge in [-0.2, -0.15) is 13.2 Å². The van der Waals surface area contributed by atoms with Crippen molar-refractivity contribution in [1.29, 1.82) is 0 Å². The summed E-state index contributed by atoms with van der Waals surface area (Å²) in [5.41, 5.74) is -0.780. The number of hydrogen-bond donors (Lipinski definition) is 0. The highest BCUT2D eigenvalue weighted by Gasteiger charge is 2.31. The van der Waals surface area contributed by atoms with E-state index >= 15 is 0 Å². The van der Waals surface area contributed by atoms with Crippen LogP contribution in [0, 0.1) is 6.92 Å². The molecule has 1 atom stereocenters. The van der Waals surface area contributed by atoms with Crippen LogP contribution in [0.2, 0.25) is 0 Å². The molecular formula is C15H16F3N3O2. The molecule has 0 radical (unpaired) electrons. The molecular weight excluding hydrogens is 311 g/mol. The van der Waals surface area contributed by atoms with Gasteiger partial charge in [-0.25, -0.2) is 9.97 Å². The van der Waals surface area contributed by atoms with Gasteiger partial charge in [-0.1, -0.05) is 0 Å². The molecule has 8 heteroatoms. The van der Waals surface area contributed by atoms with E-state index in [1.807, 2.05) is 6.92 Å². The molecule has 0 spiro atoms. The second kappa shape index (κ2) is 6.19. The second-order valence-electron chi connectivity index (χ2n) is 5.51. The van der Waals surface area contributed by atoms with Gasteiger partial charge in [-0.05, 0) is 19.4 Å². The molecule has 2 aromatic heterocycles. The lowest BCUT2D eigenvalue weighted by molar-refractivity contribution is -0.137. The van der Waals surface area contributed by atoms with E-state index in [1.54, 1.807) is 6.20 Å². The van der Waals surface area contributed by atoms with Crippen LogP contribution in [0.5, 0.6) is 5.88 Å². The summed E-state index contributed by atoms with van der Waals surface area (Å²) in [6.07, 6.45) is -1.25. The summed E-state index contributed by atoms with van der Waals surface area (Å²) in [6, 6.07) is 2.23. The van der Waals surface area contributed by atoms with Crippen molar-refractivity contribution in [3.05, 3.63) is 41.7 Å². The van der Waals surface area contributed by atoms with Gasteiger partial charge in [0.2, 0.25) is 11.8 Å². The highest BCUT2D eigenvalue weighted by atomic mass is 19.4. The molecule has 0 saturated carbocycles. The van der Waals surface area contributed by atoms with E-state index < -0.39 is 11.7 Å². The van der Waals surface area contributed by atoms with E-state index in [1.165, 1.54) is 6.07 Å². The van der Waals surface area contributed by atoms with E-state index in [4.69, 9.17) is 9.15 Å². The lowest BCUT2D eigenvalue weighted by Crippen LogP contribution is -2.25. The van der Waals surface area contributed by atoms with Crippen LogP contribution in [0.15, 0.2) is 28.9 Å². The van der Waals surface area contributed by atoms with Crippen molar-refractivity contribution in [1.82, 2.24) is 14.9 Å². The zero-order valence-electron chi connectivity index (χ0n) is 12.5. The van der Waals surface area contributed by atoms with Crippen molar-refractivity contribution in [3.8, 4) is 5.88 Å². The molecule has 3 heterocycles. The third kappa shape index (κ3) is 4.01. The molecule has 2 aromatic rings. The average Bonchev–Trinajstić information content (AvgIpc) is 3.08. The molecule has 1 fully saturated rings. The molecule has 0 N–H and O–H groups in total. The van der Waals surface area contributed by atoms with Gasteiger partial charge < -0.3 is 9.15 Å². The normalized spacial score (nSPS) is 19.2. The summed E-state index contributed by atoms with van der Waals surface area (Å²) in [5, 5.41) is 0. The lowest BCUT2D eigenvalue weighted by Gasteiger charge is -2.15. The lowest BCUT2D eigenvalue weighted by atomic mass is 10.3. The number of nitrogens with zero attached hydrogens (tertiary/aromatic N) is 3. The number of oxazole rings is 1. The fourth-order valence-corrected chi connectivity index (χ4v) is 2.49. The Morgan fingerprint density at radius 1 is 1.30 bits per heavy atom. The number of ether oxygens (including phenoxy) is 1. The van der Waals surface area contributed by atoms with Crippen molar-refractivity contribution in [2.75, 3.05) is 13.1 Å². The Hall–Kier alpha value is -2.09. The van der Waals surface area contributed by atoms with Crippen LogP contribution >= 0.6 is 0 Å². The van der Waals surface area contributed by atoms with Crippen LogP contribution in [0.25, 0.3) is 0 Å². The second-order valence-corrected chi connectivity index (χ2v) is 5.51. The van der Waals surface area contributed by atoms with Crippen LogP contribution in [0.4, 0.5) is 13.2 Å². The van der Waals surface area contributed by atoms with Gasteiger partial charge in [0.1, 0.15) is 11.9 Å². The van der Waals surface area contributed by atoms with Gasteiger partial charge >= 0.3 is 6.18 Å². The molecule has 1 saturated heterocycles. The number of alkyl halides is 3. The Kier molecular flexibility index (Phi) is 4.25. The highest BCUT2D eigenvalue weighted by Crippen LogP contribution is 2.29. The van der Waals surface area contributed by atoms with Crippen molar-refractivity contribution < 1.29 is 22.3 Å². The van der Waals surface area contributed by atoms with E-state index in [-0.39, 0.29) is 12.0 Å². The molecule has 124 valence electrons. The van der Waals surface area contributed by atoms with E-state index in [0.29, 0.717) is 19.0 Å². The number of halogens is 3. The summed E-state index contributed by atoms with van der Waals surface area (Å²) in [5.74, 6) is 1.62. The van der Waals surface area contributed by atoms with Crippen molar-refractivity contribution >= 4 is 0 Å². The molecule has 0 bridgehead atoms. The first-order valence-corrected chi connectivity index (χ1v) is 7.24. The molecule has 1 aliphatic heterocycles. The Bertz CT molecular complexity index is 655. The largest absolute Gasteiger partial charge is 0.473 e. The SMILES string of the molecule is Cc1cnc(CN2CCC(Oc3ccc(C(F)(F)F)cn3)C2)o1. The summed E-state index contributed by atoms with van der Waals surface area (Å²) in [7, 11) is 0. The van der Waals surface area contributed by atoms with Gasteiger partial charge in [0, 0.05) is 25.4 Å². The molecule has 0 aliphatic carbocycles. The summed E-state index contributed by atoms with van der Waals surface area (Å²) >= 11 is 0. The smallest absolute Gasteiger partial charge is 0.417 e. The Morgan fingerprint density at radius 2 is 2.13 bits per heavy atom. The zero-order valence-corrected chi connectivity index (χ0v) is 12.5. The first kappa shape index (κ1) is 15.8. The molecule has 0 amide bonds. The fourth-order valence-electron chi connectivity index (χ4n) is 2.49. The number of aryl methyl sites for hydroxylation is 1. The van der Waals surface area contributed by atoms with Gasteiger partial charge in [0.25, 0.3) is 0 Å². The molecule has 1 unspecified atom stereocenters. The fraction of sp³-hybridized carbons (Fsp3) is 0.467. The standard InChI is InChI=1S/C15H16F3N3O2/c1-10-6-19-14(22-10)9-21-5-4-12(8-21)23-13-3-2-11(7-20-13)15(16,17)18/h2-3,6-7,12H,4-5,8-9H2,1H3. The van der Waals surface area contributed by atoms with Crippen LogP contribution < -0.4 is 4.74 Å². The van der Waals surface area contributed by atoms with Crippen LogP contribution in [0.1, 0.15) is 23.6 Å². The zero-order chi connectivity index (χ0) is 16.4. The highest BCUT2D eigenvalue weighted by molar-refractivity contribution is 5.20. The first-order valence-electron chi connectivity index (χ1n) is 7.24. The molecule has 3 rings (SSSR count). The number of pyridine rings is 1. The van der Waals surface area contributed by atoms with Crippen molar-refractivity contribution in [2.24, 2.45) is 0 Å². The number of aromatic nitrogens is 2. The first-order chi connectivity index (χ1) is 10.9. The number of likely N-dealkylation sites (tertiary alicyclic amines) is 1. The van der Waals surface area contributed by atoms with Gasteiger partial charge in [0.15, 0.2) is 0 Å². The monoisotopic (exact) mass is 327 g/mol. The molecule has 0 aromatic carbocycles. The summed E-state index contributed by atoms with van der Waals surface area (Å²) < 4.78 is 48.5. The van der Waals surface area contributed by atoms with E-state index in [2.05, 4.69) is 14.9 Å². The van der Waals surface area contributed by atoms with Crippen molar-refractivity contribution in [3.63, 3.8) is 0 Å². The summed E-state index contributed by atoms with van der Waals surface area (Å²) in [4.78, 5) is 10.0. The third-order valence-corrected chi connectivity index (χ3v) is 3.61. The minimum atomic E-state index is -4.39. The predicted octanol–water partition coefficient (Wildman–Crippen LogP) is 3.05. The van der Waals surface area contributed by atoms with Crippen LogP contribution in [0.3, 0.4) is 0 Å². The maximum Gasteiger partial charge on any atom is 0.417 e. The minimum Gasteiger partial charge on any atom is -0.473 e. The number of hydrogen-bond acceptors (Lipinski definition) is 5. The molecule has 23 heavy (non-hydrogen) atoms. The van der Waals surface area contributed by atoms with Crippen molar-refractivity contribution in [2.45, 2.75) is 32.2 Å². The Morgan fingerprint density at radius 3 is 2.74 bits per heavy atom. The van der Waals surface area contributed by atoms with Gasteiger partial charge in [0.05, 0.1) is 18.3 Å². The Labute approximate surface area is 131 Å². The minimum absolute atomic E-state index is 0.102. The maximum atomic E-state index is 12.5. The summed E-state index contributed by atoms with van der Waals surface area (Å²) in [6.45, 7) is 3.90. The predicted molar refractivity (Wildman–Crippen MR) is 74.8 cm³/mol. The van der Waals surface area contributed by atoms with Crippen LogP contribution in [-0.4, -0.2) is 34.1 Å². The topological polar surface area (TPSA) is 51.4 Å². The quantitative estimate of drug-likeness (QED) is 0.864. The van der Waals surface area contributed by atoms with Gasteiger partial charge in [-0.3, -0.25) is 4.90 Å². The average molecular weight is 327 g/mol. The van der Waals surface area contributed by atoms with E-state index in [9.17, 15) is 13.2 Å². The maximum absolute atomic E-state index is 12.5. The molecule has 5 nitrogen and oxygen atoms in total. The van der Waals surface area contributed by atoms with Gasteiger partial charge in [-0.15, -0.1) is 0 Å². The van der Waals surface area contributed by atoms with E-state index in [0.717, 1.165) is 31.0 Å². The molecule has 1 aliphatic rings. The number of rotatable bonds is 4. The Balaban J connectivity index is 1.53. The third-order valence-electron chi connectivity index (χ3n) is 3.61. The van der Waals surface area contributed by atoms with Crippen LogP contribution in [-0.2, 0) is 12.7 Å².